The molecule has 0 aliphatic carbocycles. The number of rotatable bonds is 11. The lowest BCUT2D eigenvalue weighted by atomic mass is 10.1. The molecule has 0 saturated carbocycles. The first-order valence-corrected chi connectivity index (χ1v) is 10.6. The molecule has 7 nitrogen and oxygen atoms in total. The SMILES string of the molecule is C=C(CCO[C@@H](CC(=O)OC(C)(C)C)[C@@H]1COC(C)(C)O1)COc1ccc(OC)cc1. The second kappa shape index (κ2) is 11.0. The van der Waals surface area contributed by atoms with Gasteiger partial charge < -0.3 is 28.4 Å². The summed E-state index contributed by atoms with van der Waals surface area (Å²) in [5.41, 5.74) is 0.330. The lowest BCUT2D eigenvalue weighted by Crippen LogP contribution is -2.37. The summed E-state index contributed by atoms with van der Waals surface area (Å²) in [6.07, 6.45) is -0.119. The van der Waals surface area contributed by atoms with Crippen molar-refractivity contribution < 1.29 is 33.2 Å². The summed E-state index contributed by atoms with van der Waals surface area (Å²) in [4.78, 5) is 12.3. The summed E-state index contributed by atoms with van der Waals surface area (Å²) in [5, 5.41) is 0. The van der Waals surface area contributed by atoms with E-state index in [0.29, 0.717) is 26.2 Å². The van der Waals surface area contributed by atoms with E-state index in [2.05, 4.69) is 6.58 Å². The fourth-order valence-corrected chi connectivity index (χ4v) is 3.03. The molecule has 0 radical (unpaired) electrons. The van der Waals surface area contributed by atoms with Crippen LogP contribution >= 0.6 is 0 Å². The van der Waals surface area contributed by atoms with Gasteiger partial charge in [0.25, 0.3) is 0 Å². The van der Waals surface area contributed by atoms with Crippen LogP contribution in [-0.2, 0) is 23.7 Å². The van der Waals surface area contributed by atoms with Crippen molar-refractivity contribution in [2.45, 2.75) is 71.1 Å². The van der Waals surface area contributed by atoms with E-state index in [4.69, 9.17) is 28.4 Å². The van der Waals surface area contributed by atoms with Crippen LogP contribution in [0.5, 0.6) is 11.5 Å². The molecular weight excluding hydrogens is 400 g/mol. The highest BCUT2D eigenvalue weighted by atomic mass is 16.7. The number of esters is 1. The number of hydrogen-bond donors (Lipinski definition) is 0. The van der Waals surface area contributed by atoms with Crippen LogP contribution in [0.15, 0.2) is 36.4 Å². The molecule has 174 valence electrons. The van der Waals surface area contributed by atoms with E-state index in [1.54, 1.807) is 7.11 Å². The maximum Gasteiger partial charge on any atom is 0.309 e. The van der Waals surface area contributed by atoms with E-state index in [-0.39, 0.29) is 18.5 Å². The minimum Gasteiger partial charge on any atom is -0.497 e. The van der Waals surface area contributed by atoms with Gasteiger partial charge in [-0.15, -0.1) is 0 Å². The fourth-order valence-electron chi connectivity index (χ4n) is 3.03. The third-order valence-corrected chi connectivity index (χ3v) is 4.52. The summed E-state index contributed by atoms with van der Waals surface area (Å²) < 4.78 is 33.9. The van der Waals surface area contributed by atoms with Crippen molar-refractivity contribution in [2.75, 3.05) is 26.9 Å². The Bertz CT molecular complexity index is 718. The molecule has 0 aromatic heterocycles. The highest BCUT2D eigenvalue weighted by Gasteiger charge is 2.39. The van der Waals surface area contributed by atoms with Gasteiger partial charge in [0.05, 0.1) is 32.8 Å². The van der Waals surface area contributed by atoms with Gasteiger partial charge in [-0.25, -0.2) is 0 Å². The van der Waals surface area contributed by atoms with Crippen molar-refractivity contribution in [1.29, 1.82) is 0 Å². The highest BCUT2D eigenvalue weighted by molar-refractivity contribution is 5.70. The number of carbonyl (C=O) groups excluding carboxylic acids is 1. The van der Waals surface area contributed by atoms with Crippen LogP contribution in [0.4, 0.5) is 0 Å². The second-order valence-corrected chi connectivity index (χ2v) is 9.03. The van der Waals surface area contributed by atoms with Crippen molar-refractivity contribution in [2.24, 2.45) is 0 Å². The quantitative estimate of drug-likeness (QED) is 0.378. The number of carbonyl (C=O) groups is 1. The maximum absolute atomic E-state index is 12.3. The molecule has 0 unspecified atom stereocenters. The molecule has 1 saturated heterocycles. The zero-order valence-corrected chi connectivity index (χ0v) is 19.6. The minimum atomic E-state index is -0.698. The molecule has 1 aliphatic rings. The van der Waals surface area contributed by atoms with E-state index in [9.17, 15) is 4.79 Å². The molecular formula is C24H36O7. The molecule has 7 heteroatoms. The van der Waals surface area contributed by atoms with Gasteiger partial charge in [-0.1, -0.05) is 6.58 Å². The number of methoxy groups -OCH3 is 1. The standard InChI is InChI=1S/C24H36O7/c1-17(15-28-19-10-8-18(26-7)9-11-19)12-13-27-20(14-22(25)31-23(2,3)4)21-16-29-24(5,6)30-21/h8-11,20-21H,1,12-16H2,2-7H3/t20-,21-/m0/s1. The van der Waals surface area contributed by atoms with Crippen molar-refractivity contribution in [3.8, 4) is 11.5 Å². The van der Waals surface area contributed by atoms with Crippen molar-refractivity contribution >= 4 is 5.97 Å². The van der Waals surface area contributed by atoms with E-state index in [1.165, 1.54) is 0 Å². The molecule has 0 amide bonds. The first-order valence-electron chi connectivity index (χ1n) is 10.6. The fraction of sp³-hybridized carbons (Fsp3) is 0.625. The van der Waals surface area contributed by atoms with E-state index in [0.717, 1.165) is 17.1 Å². The topological polar surface area (TPSA) is 72.5 Å². The number of benzene rings is 1. The summed E-state index contributed by atoms with van der Waals surface area (Å²) in [5.74, 6) is 0.490. The Labute approximate surface area is 185 Å². The van der Waals surface area contributed by atoms with Gasteiger partial charge in [0, 0.05) is 0 Å². The van der Waals surface area contributed by atoms with Crippen LogP contribution in [0.1, 0.15) is 47.5 Å². The zero-order valence-electron chi connectivity index (χ0n) is 19.6. The third kappa shape index (κ3) is 9.29. The van der Waals surface area contributed by atoms with Crippen LogP contribution in [-0.4, -0.2) is 56.5 Å². The molecule has 1 heterocycles. The Balaban J connectivity index is 1.82. The molecule has 31 heavy (non-hydrogen) atoms. The number of hydrogen-bond acceptors (Lipinski definition) is 7. The highest BCUT2D eigenvalue weighted by Crippen LogP contribution is 2.27. The Morgan fingerprint density at radius 1 is 1.23 bits per heavy atom. The average molecular weight is 437 g/mol. The molecule has 1 fully saturated rings. The lowest BCUT2D eigenvalue weighted by molar-refractivity contribution is -0.170. The first kappa shape index (κ1) is 25.2. The van der Waals surface area contributed by atoms with E-state index < -0.39 is 17.5 Å². The molecule has 1 aliphatic heterocycles. The molecule has 0 spiro atoms. The van der Waals surface area contributed by atoms with Crippen molar-refractivity contribution in [3.05, 3.63) is 36.4 Å². The third-order valence-electron chi connectivity index (χ3n) is 4.52. The summed E-state index contributed by atoms with van der Waals surface area (Å²) in [6.45, 7) is 14.4. The van der Waals surface area contributed by atoms with E-state index in [1.807, 2.05) is 58.9 Å². The predicted molar refractivity (Wildman–Crippen MR) is 117 cm³/mol. The van der Waals surface area contributed by atoms with Crippen LogP contribution in [0.3, 0.4) is 0 Å². The van der Waals surface area contributed by atoms with Gasteiger partial charge in [-0.2, -0.15) is 0 Å². The zero-order chi connectivity index (χ0) is 23.1. The van der Waals surface area contributed by atoms with Crippen LogP contribution in [0.2, 0.25) is 0 Å². The molecule has 2 rings (SSSR count). The largest absolute Gasteiger partial charge is 0.497 e. The summed E-state index contributed by atoms with van der Waals surface area (Å²) in [7, 11) is 1.62. The Morgan fingerprint density at radius 3 is 2.42 bits per heavy atom. The second-order valence-electron chi connectivity index (χ2n) is 9.03. The monoisotopic (exact) mass is 436 g/mol. The predicted octanol–water partition coefficient (Wildman–Crippen LogP) is 4.29. The summed E-state index contributed by atoms with van der Waals surface area (Å²) >= 11 is 0. The maximum atomic E-state index is 12.3. The number of ether oxygens (including phenoxy) is 6. The van der Waals surface area contributed by atoms with Crippen molar-refractivity contribution in [3.63, 3.8) is 0 Å². The molecule has 0 bridgehead atoms. The van der Waals surface area contributed by atoms with Crippen LogP contribution in [0, 0.1) is 0 Å². The molecule has 2 atom stereocenters. The van der Waals surface area contributed by atoms with Gasteiger partial charge in [0.15, 0.2) is 5.79 Å². The van der Waals surface area contributed by atoms with Crippen molar-refractivity contribution in [1.82, 2.24) is 0 Å². The van der Waals surface area contributed by atoms with Gasteiger partial charge in [-0.3, -0.25) is 4.79 Å². The van der Waals surface area contributed by atoms with Gasteiger partial charge in [0.2, 0.25) is 0 Å². The lowest BCUT2D eigenvalue weighted by Gasteiger charge is -2.26. The van der Waals surface area contributed by atoms with Gasteiger partial charge >= 0.3 is 5.97 Å². The van der Waals surface area contributed by atoms with Gasteiger partial charge in [-0.05, 0) is 70.9 Å². The Kier molecular flexibility index (Phi) is 8.91. The van der Waals surface area contributed by atoms with E-state index >= 15 is 0 Å². The van der Waals surface area contributed by atoms with Crippen LogP contribution in [0.25, 0.3) is 0 Å². The molecule has 0 N–H and O–H groups in total. The average Bonchev–Trinajstić information content (AvgIpc) is 3.04. The Hall–Kier alpha value is -2.09. The smallest absolute Gasteiger partial charge is 0.309 e. The molecule has 1 aromatic rings. The van der Waals surface area contributed by atoms with Crippen LogP contribution < -0.4 is 9.47 Å². The normalized spacial score (nSPS) is 19.0. The Morgan fingerprint density at radius 2 is 1.87 bits per heavy atom. The first-order chi connectivity index (χ1) is 14.5. The molecule has 1 aromatic carbocycles. The summed E-state index contributed by atoms with van der Waals surface area (Å²) in [6, 6.07) is 7.37. The minimum absolute atomic E-state index is 0.0935. The van der Waals surface area contributed by atoms with Gasteiger partial charge in [0.1, 0.15) is 29.8 Å².